The molecular weight excluding hydrogens is 477 g/mol. The second kappa shape index (κ2) is 9.06. The fourth-order valence-corrected chi connectivity index (χ4v) is 4.76. The summed E-state index contributed by atoms with van der Waals surface area (Å²) in [6.07, 6.45) is 1.38. The number of rotatable bonds is 5. The maximum absolute atomic E-state index is 12.9. The van der Waals surface area contributed by atoms with Crippen molar-refractivity contribution in [1.82, 2.24) is 19.7 Å². The predicted molar refractivity (Wildman–Crippen MR) is 120 cm³/mol. The van der Waals surface area contributed by atoms with Gasteiger partial charge in [0.05, 0.1) is 41.9 Å². The molecule has 1 saturated carbocycles. The van der Waals surface area contributed by atoms with Crippen LogP contribution in [-0.4, -0.2) is 49.6 Å². The molecule has 5 rings (SSSR count). The van der Waals surface area contributed by atoms with Gasteiger partial charge in [-0.05, 0) is 43.5 Å². The summed E-state index contributed by atoms with van der Waals surface area (Å²) in [5.74, 6) is -0.618. The number of ether oxygens (including phenoxy) is 2. The van der Waals surface area contributed by atoms with Crippen LogP contribution in [0.4, 0.5) is 13.2 Å². The van der Waals surface area contributed by atoms with Crippen LogP contribution in [0.5, 0.6) is 0 Å². The van der Waals surface area contributed by atoms with Crippen LogP contribution in [0.2, 0.25) is 0 Å². The first kappa shape index (κ1) is 24.5. The van der Waals surface area contributed by atoms with E-state index in [1.807, 2.05) is 0 Å². The van der Waals surface area contributed by atoms with E-state index >= 15 is 0 Å². The minimum atomic E-state index is -4.48. The van der Waals surface area contributed by atoms with Crippen molar-refractivity contribution in [2.45, 2.75) is 56.6 Å². The van der Waals surface area contributed by atoms with E-state index in [9.17, 15) is 23.1 Å². The number of aromatic nitrogens is 4. The van der Waals surface area contributed by atoms with E-state index in [0.717, 1.165) is 12.3 Å². The number of Topliss-reactive ketones (excluding diaryl/α,β-unsaturated/α-hetero) is 1. The Balaban J connectivity index is 1.25. The molecule has 4 heterocycles. The monoisotopic (exact) mass is 502 g/mol. The first-order chi connectivity index (χ1) is 17.1. The lowest BCUT2D eigenvalue weighted by Crippen LogP contribution is -2.42. The topological polar surface area (TPSA) is 99.4 Å². The van der Waals surface area contributed by atoms with E-state index < -0.39 is 23.1 Å². The van der Waals surface area contributed by atoms with E-state index in [4.69, 9.17) is 9.47 Å². The van der Waals surface area contributed by atoms with Crippen molar-refractivity contribution >= 4 is 5.78 Å². The van der Waals surface area contributed by atoms with Crippen molar-refractivity contribution in [3.63, 3.8) is 0 Å². The van der Waals surface area contributed by atoms with E-state index in [1.54, 1.807) is 25.3 Å². The van der Waals surface area contributed by atoms with Crippen LogP contribution >= 0.6 is 0 Å². The molecule has 0 amide bonds. The highest BCUT2D eigenvalue weighted by Gasteiger charge is 2.46. The predicted octanol–water partition coefficient (Wildman–Crippen LogP) is 3.92. The quantitative estimate of drug-likeness (QED) is 0.528. The minimum Gasteiger partial charge on any atom is -0.384 e. The third-order valence-corrected chi connectivity index (χ3v) is 6.92. The third kappa shape index (κ3) is 4.65. The Labute approximate surface area is 205 Å². The highest BCUT2D eigenvalue weighted by molar-refractivity contribution is 5.98. The lowest BCUT2D eigenvalue weighted by atomic mass is 9.79. The molecule has 2 aliphatic rings. The zero-order chi connectivity index (χ0) is 25.6. The summed E-state index contributed by atoms with van der Waals surface area (Å²) in [4.78, 5) is 21.2. The van der Waals surface area contributed by atoms with Crippen molar-refractivity contribution in [3.8, 4) is 5.82 Å². The van der Waals surface area contributed by atoms with Crippen LogP contribution in [-0.2, 0) is 27.7 Å². The van der Waals surface area contributed by atoms with Gasteiger partial charge in [0.15, 0.2) is 17.4 Å². The molecule has 0 atom stereocenters. The number of ketones is 1. The van der Waals surface area contributed by atoms with Crippen LogP contribution in [0, 0.1) is 6.92 Å². The summed E-state index contributed by atoms with van der Waals surface area (Å²) in [7, 11) is 0. The van der Waals surface area contributed by atoms with Gasteiger partial charge < -0.3 is 14.6 Å². The number of halogens is 3. The van der Waals surface area contributed by atoms with Gasteiger partial charge in [-0.15, -0.1) is 0 Å². The van der Waals surface area contributed by atoms with Crippen molar-refractivity contribution in [1.29, 1.82) is 0 Å². The Bertz CT molecular complexity index is 1240. The maximum atomic E-state index is 12.9. The van der Waals surface area contributed by atoms with Gasteiger partial charge in [0, 0.05) is 31.7 Å². The molecule has 3 aromatic heterocycles. The number of nitrogens with zero attached hydrogens (tertiary/aromatic N) is 4. The second-order valence-electron chi connectivity index (χ2n) is 9.25. The SMILES string of the molecule is Cc1c(C(=O)Cc2ccc(C3(O)CCC4(CC3)OCCO4)nc2)cnn1-c1ccc(C(F)(F)F)cn1. The van der Waals surface area contributed by atoms with Gasteiger partial charge in [-0.1, -0.05) is 6.07 Å². The molecule has 0 radical (unpaired) electrons. The van der Waals surface area contributed by atoms with Crippen molar-refractivity contribution < 1.29 is 32.5 Å². The summed E-state index contributed by atoms with van der Waals surface area (Å²) in [6.45, 7) is 2.79. The second-order valence-corrected chi connectivity index (χ2v) is 9.25. The van der Waals surface area contributed by atoms with Gasteiger partial charge in [-0.3, -0.25) is 9.78 Å². The van der Waals surface area contributed by atoms with Gasteiger partial charge in [0.2, 0.25) is 0 Å². The molecule has 11 heteroatoms. The van der Waals surface area contributed by atoms with E-state index in [1.165, 1.54) is 16.9 Å². The molecule has 1 spiro atoms. The first-order valence-electron chi connectivity index (χ1n) is 11.7. The highest BCUT2D eigenvalue weighted by Crippen LogP contribution is 2.44. The molecule has 8 nitrogen and oxygen atoms in total. The summed E-state index contributed by atoms with van der Waals surface area (Å²) >= 11 is 0. The molecule has 190 valence electrons. The Morgan fingerprint density at radius 2 is 1.75 bits per heavy atom. The molecule has 36 heavy (non-hydrogen) atoms. The first-order valence-corrected chi connectivity index (χ1v) is 11.7. The summed E-state index contributed by atoms with van der Waals surface area (Å²) in [5, 5.41) is 15.3. The molecule has 1 saturated heterocycles. The molecule has 3 aromatic rings. The largest absolute Gasteiger partial charge is 0.417 e. The number of carbonyl (C=O) groups is 1. The Morgan fingerprint density at radius 3 is 2.33 bits per heavy atom. The van der Waals surface area contributed by atoms with E-state index in [0.29, 0.717) is 61.4 Å². The normalized spacial score (nSPS) is 19.0. The van der Waals surface area contributed by atoms with Gasteiger partial charge in [-0.25, -0.2) is 9.67 Å². The fraction of sp³-hybridized carbons (Fsp3) is 0.440. The van der Waals surface area contributed by atoms with Gasteiger partial charge in [0.1, 0.15) is 5.60 Å². The van der Waals surface area contributed by atoms with E-state index in [2.05, 4.69) is 15.1 Å². The molecule has 1 aliphatic heterocycles. The van der Waals surface area contributed by atoms with Crippen LogP contribution in [0.15, 0.2) is 42.9 Å². The number of carbonyl (C=O) groups excluding carboxylic acids is 1. The van der Waals surface area contributed by atoms with Crippen LogP contribution < -0.4 is 0 Å². The Hall–Kier alpha value is -3.15. The zero-order valence-corrected chi connectivity index (χ0v) is 19.6. The molecule has 0 aromatic carbocycles. The summed E-state index contributed by atoms with van der Waals surface area (Å²) in [5.41, 5.74) is 0.0917. The number of alkyl halides is 3. The van der Waals surface area contributed by atoms with Crippen molar-refractivity contribution in [2.24, 2.45) is 0 Å². The fourth-order valence-electron chi connectivity index (χ4n) is 4.76. The number of pyridine rings is 2. The third-order valence-electron chi connectivity index (χ3n) is 6.92. The van der Waals surface area contributed by atoms with Crippen LogP contribution in [0.1, 0.15) is 58.6 Å². The van der Waals surface area contributed by atoms with Gasteiger partial charge in [0.25, 0.3) is 0 Å². The van der Waals surface area contributed by atoms with Crippen LogP contribution in [0.25, 0.3) is 5.82 Å². The molecule has 1 aliphatic carbocycles. The van der Waals surface area contributed by atoms with Crippen LogP contribution in [0.3, 0.4) is 0 Å². The summed E-state index contributed by atoms with van der Waals surface area (Å²) < 4.78 is 51.2. The number of hydrogen-bond donors (Lipinski definition) is 1. The lowest BCUT2D eigenvalue weighted by molar-refractivity contribution is -0.204. The lowest BCUT2D eigenvalue weighted by Gasteiger charge is -2.40. The highest BCUT2D eigenvalue weighted by atomic mass is 19.4. The Kier molecular flexibility index (Phi) is 6.17. The average Bonchev–Trinajstić information content (AvgIpc) is 3.48. The average molecular weight is 502 g/mol. The maximum Gasteiger partial charge on any atom is 0.417 e. The van der Waals surface area contributed by atoms with Crippen molar-refractivity contribution in [2.75, 3.05) is 13.2 Å². The number of hydrogen-bond acceptors (Lipinski definition) is 7. The molecule has 2 fully saturated rings. The Morgan fingerprint density at radius 1 is 1.03 bits per heavy atom. The van der Waals surface area contributed by atoms with Gasteiger partial charge >= 0.3 is 6.18 Å². The molecule has 0 bridgehead atoms. The molecule has 0 unspecified atom stereocenters. The minimum absolute atomic E-state index is 0.0590. The molecule has 1 N–H and O–H groups in total. The molecular formula is C25H25F3N4O4. The van der Waals surface area contributed by atoms with E-state index in [-0.39, 0.29) is 18.0 Å². The van der Waals surface area contributed by atoms with Crippen molar-refractivity contribution in [3.05, 3.63) is 70.9 Å². The number of aliphatic hydroxyl groups is 1. The smallest absolute Gasteiger partial charge is 0.384 e. The summed E-state index contributed by atoms with van der Waals surface area (Å²) in [6, 6.07) is 5.64. The zero-order valence-electron chi connectivity index (χ0n) is 19.6. The van der Waals surface area contributed by atoms with Gasteiger partial charge in [-0.2, -0.15) is 18.3 Å². The standard InChI is InChI=1S/C25H25F3N4O4/c1-16-19(15-31-32(16)22-5-3-18(14-30-22)25(26,27)28)20(33)12-17-2-4-21(29-13-17)23(34)6-8-24(9-7-23)35-10-11-36-24/h2-5,13-15,34H,6-12H2,1H3.